The Kier molecular flexibility index (Phi) is 3.02. The van der Waals surface area contributed by atoms with Gasteiger partial charge < -0.3 is 9.88 Å². The van der Waals surface area contributed by atoms with Gasteiger partial charge in [-0.1, -0.05) is 6.42 Å². The summed E-state index contributed by atoms with van der Waals surface area (Å²) in [6, 6.07) is 7.93. The van der Waals surface area contributed by atoms with Crippen LogP contribution in [0.2, 0.25) is 0 Å². The zero-order chi connectivity index (χ0) is 14.4. The lowest BCUT2D eigenvalue weighted by molar-refractivity contribution is 0.0754. The third-order valence-electron chi connectivity index (χ3n) is 5.54. The highest BCUT2D eigenvalue weighted by Gasteiger charge is 2.40. The molecule has 0 saturated heterocycles. The maximum absolute atomic E-state index is 12.6. The molecule has 21 heavy (non-hydrogen) atoms. The molecule has 2 bridgehead atoms. The first-order valence-corrected chi connectivity index (χ1v) is 8.03. The number of carbonyl (C=O) groups is 1. The zero-order valence-corrected chi connectivity index (χ0v) is 12.5. The molecule has 3 unspecified atom stereocenters. The molecule has 2 aliphatic rings. The topological polar surface area (TPSA) is 36.1 Å². The lowest BCUT2D eigenvalue weighted by Gasteiger charge is -2.27. The van der Waals surface area contributed by atoms with Crippen LogP contribution in [0.5, 0.6) is 0 Å². The molecule has 2 fully saturated rings. The summed E-state index contributed by atoms with van der Waals surface area (Å²) < 4.78 is 0. The number of carbonyl (C=O) groups excluding carboxylic acids is 1. The standard InChI is InChI=1S/C18H22N2O/c1-20(11-16-9-12-2-3-13(16)8-12)18(21)15-4-5-17-14(10-15)6-7-19-17/h4-7,10,12-13,16,19H,2-3,8-9,11H2,1H3. The van der Waals surface area contributed by atoms with E-state index < -0.39 is 0 Å². The van der Waals surface area contributed by atoms with Crippen LogP contribution in [0.25, 0.3) is 10.9 Å². The number of amides is 1. The summed E-state index contributed by atoms with van der Waals surface area (Å²) in [6.45, 7) is 0.922. The lowest BCUT2D eigenvalue weighted by atomic mass is 9.88. The second kappa shape index (κ2) is 4.90. The largest absolute Gasteiger partial charge is 0.361 e. The van der Waals surface area contributed by atoms with Crippen LogP contribution in [0.15, 0.2) is 30.5 Å². The average Bonchev–Trinajstić information content (AvgIpc) is 3.21. The minimum Gasteiger partial charge on any atom is -0.361 e. The van der Waals surface area contributed by atoms with Crippen LogP contribution >= 0.6 is 0 Å². The summed E-state index contributed by atoms with van der Waals surface area (Å²) in [6.07, 6.45) is 7.45. The third-order valence-corrected chi connectivity index (χ3v) is 5.54. The van der Waals surface area contributed by atoms with E-state index in [1.807, 2.05) is 42.4 Å². The quantitative estimate of drug-likeness (QED) is 0.916. The molecule has 3 atom stereocenters. The molecule has 2 saturated carbocycles. The molecule has 0 spiro atoms. The van der Waals surface area contributed by atoms with Crippen molar-refractivity contribution in [3.05, 3.63) is 36.0 Å². The molecule has 2 aliphatic carbocycles. The summed E-state index contributed by atoms with van der Waals surface area (Å²) in [4.78, 5) is 17.7. The number of hydrogen-bond donors (Lipinski definition) is 1. The van der Waals surface area contributed by atoms with Gasteiger partial charge in [-0.2, -0.15) is 0 Å². The van der Waals surface area contributed by atoms with Crippen molar-refractivity contribution in [2.75, 3.05) is 13.6 Å². The Labute approximate surface area is 125 Å². The first kappa shape index (κ1) is 12.9. The second-order valence-corrected chi connectivity index (χ2v) is 6.90. The van der Waals surface area contributed by atoms with E-state index in [1.165, 1.54) is 25.7 Å². The SMILES string of the molecule is CN(CC1CC2CCC1C2)C(=O)c1ccc2[nH]ccc2c1. The normalized spacial score (nSPS) is 27.4. The van der Waals surface area contributed by atoms with Crippen molar-refractivity contribution in [1.82, 2.24) is 9.88 Å². The number of rotatable bonds is 3. The number of nitrogens with zero attached hydrogens (tertiary/aromatic N) is 1. The average molecular weight is 282 g/mol. The van der Waals surface area contributed by atoms with Gasteiger partial charge in [0, 0.05) is 36.3 Å². The maximum Gasteiger partial charge on any atom is 0.253 e. The number of H-pyrrole nitrogens is 1. The second-order valence-electron chi connectivity index (χ2n) is 6.90. The predicted molar refractivity (Wildman–Crippen MR) is 84.2 cm³/mol. The molecule has 1 N–H and O–H groups in total. The summed E-state index contributed by atoms with van der Waals surface area (Å²) in [5.41, 5.74) is 1.88. The summed E-state index contributed by atoms with van der Waals surface area (Å²) in [7, 11) is 1.95. The Morgan fingerprint density at radius 3 is 2.95 bits per heavy atom. The van der Waals surface area contributed by atoms with Gasteiger partial charge in [-0.25, -0.2) is 0 Å². The highest BCUT2D eigenvalue weighted by Crippen LogP contribution is 2.48. The van der Waals surface area contributed by atoms with Crippen LogP contribution in [0.4, 0.5) is 0 Å². The van der Waals surface area contributed by atoms with Gasteiger partial charge in [0.1, 0.15) is 0 Å². The van der Waals surface area contributed by atoms with Crippen LogP contribution in [0, 0.1) is 17.8 Å². The third kappa shape index (κ3) is 2.25. The van der Waals surface area contributed by atoms with Gasteiger partial charge in [0.05, 0.1) is 0 Å². The number of benzene rings is 1. The van der Waals surface area contributed by atoms with Crippen LogP contribution in [0.3, 0.4) is 0 Å². The Bertz CT molecular complexity index is 675. The molecule has 3 nitrogen and oxygen atoms in total. The Hall–Kier alpha value is -1.77. The predicted octanol–water partition coefficient (Wildman–Crippen LogP) is 3.68. The zero-order valence-electron chi connectivity index (χ0n) is 12.5. The van der Waals surface area contributed by atoms with Gasteiger partial charge in [-0.3, -0.25) is 4.79 Å². The maximum atomic E-state index is 12.6. The molecule has 110 valence electrons. The molecule has 4 rings (SSSR count). The molecular formula is C18H22N2O. The molecule has 1 amide bonds. The summed E-state index contributed by atoms with van der Waals surface area (Å²) in [5, 5.41) is 1.11. The molecule has 2 aromatic rings. The molecular weight excluding hydrogens is 260 g/mol. The van der Waals surface area contributed by atoms with E-state index in [-0.39, 0.29) is 5.91 Å². The van der Waals surface area contributed by atoms with Crippen molar-refractivity contribution >= 4 is 16.8 Å². The van der Waals surface area contributed by atoms with Gasteiger partial charge >= 0.3 is 0 Å². The smallest absolute Gasteiger partial charge is 0.253 e. The van der Waals surface area contributed by atoms with Crippen molar-refractivity contribution < 1.29 is 4.79 Å². The molecule has 1 aromatic heterocycles. The van der Waals surface area contributed by atoms with Gasteiger partial charge in [-0.15, -0.1) is 0 Å². The minimum absolute atomic E-state index is 0.154. The van der Waals surface area contributed by atoms with E-state index in [4.69, 9.17) is 0 Å². The Balaban J connectivity index is 1.48. The fourth-order valence-corrected chi connectivity index (χ4v) is 4.44. The fraction of sp³-hybridized carbons (Fsp3) is 0.500. The molecule has 0 radical (unpaired) electrons. The highest BCUT2D eigenvalue weighted by atomic mass is 16.2. The first-order chi connectivity index (χ1) is 10.2. The van der Waals surface area contributed by atoms with E-state index in [2.05, 4.69) is 4.98 Å². The van der Waals surface area contributed by atoms with Gasteiger partial charge in [0.25, 0.3) is 5.91 Å². The number of nitrogens with one attached hydrogen (secondary N) is 1. The van der Waals surface area contributed by atoms with E-state index in [9.17, 15) is 4.79 Å². The van der Waals surface area contributed by atoms with Gasteiger partial charge in [-0.05, 0) is 61.3 Å². The van der Waals surface area contributed by atoms with Crippen LogP contribution in [-0.4, -0.2) is 29.4 Å². The Morgan fingerprint density at radius 2 is 2.19 bits per heavy atom. The highest BCUT2D eigenvalue weighted by molar-refractivity contribution is 5.97. The van der Waals surface area contributed by atoms with E-state index in [0.717, 1.165) is 40.8 Å². The lowest BCUT2D eigenvalue weighted by Crippen LogP contribution is -2.33. The first-order valence-electron chi connectivity index (χ1n) is 8.03. The molecule has 3 heteroatoms. The molecule has 1 heterocycles. The fourth-order valence-electron chi connectivity index (χ4n) is 4.44. The van der Waals surface area contributed by atoms with E-state index >= 15 is 0 Å². The van der Waals surface area contributed by atoms with Crippen LogP contribution in [-0.2, 0) is 0 Å². The molecule has 0 aliphatic heterocycles. The summed E-state index contributed by atoms with van der Waals surface area (Å²) >= 11 is 0. The molecule has 1 aromatic carbocycles. The van der Waals surface area contributed by atoms with Crippen molar-refractivity contribution in [3.8, 4) is 0 Å². The van der Waals surface area contributed by atoms with E-state index in [0.29, 0.717) is 0 Å². The van der Waals surface area contributed by atoms with Crippen molar-refractivity contribution in [2.45, 2.75) is 25.7 Å². The van der Waals surface area contributed by atoms with Gasteiger partial charge in [0.2, 0.25) is 0 Å². The number of aromatic amines is 1. The van der Waals surface area contributed by atoms with Crippen molar-refractivity contribution in [2.24, 2.45) is 17.8 Å². The Morgan fingerprint density at radius 1 is 1.29 bits per heavy atom. The van der Waals surface area contributed by atoms with E-state index in [1.54, 1.807) is 0 Å². The minimum atomic E-state index is 0.154. The van der Waals surface area contributed by atoms with Crippen LogP contribution in [0.1, 0.15) is 36.0 Å². The van der Waals surface area contributed by atoms with Crippen molar-refractivity contribution in [3.63, 3.8) is 0 Å². The van der Waals surface area contributed by atoms with Gasteiger partial charge in [0.15, 0.2) is 0 Å². The van der Waals surface area contributed by atoms with Crippen molar-refractivity contribution in [1.29, 1.82) is 0 Å². The summed E-state index contributed by atoms with van der Waals surface area (Å²) in [5.74, 6) is 2.70. The van der Waals surface area contributed by atoms with Crippen LogP contribution < -0.4 is 0 Å². The number of hydrogen-bond acceptors (Lipinski definition) is 1. The monoisotopic (exact) mass is 282 g/mol. The number of fused-ring (bicyclic) bond motifs is 3. The number of aromatic nitrogens is 1.